The summed E-state index contributed by atoms with van der Waals surface area (Å²) in [6, 6.07) is 13.7. The van der Waals surface area contributed by atoms with Gasteiger partial charge in [-0.2, -0.15) is 0 Å². The van der Waals surface area contributed by atoms with E-state index in [9.17, 15) is 18.8 Å². The molecule has 9 heteroatoms. The zero-order valence-electron chi connectivity index (χ0n) is 16.7. The summed E-state index contributed by atoms with van der Waals surface area (Å²) in [6.07, 6.45) is 0.368. The van der Waals surface area contributed by atoms with Crippen molar-refractivity contribution in [2.24, 2.45) is 0 Å². The molecule has 1 saturated heterocycles. The van der Waals surface area contributed by atoms with E-state index >= 15 is 0 Å². The molecule has 2 aromatic carbocycles. The van der Waals surface area contributed by atoms with E-state index in [4.69, 9.17) is 17.0 Å². The van der Waals surface area contributed by atoms with Crippen molar-refractivity contribution < 1.29 is 23.5 Å². The normalized spacial score (nSPS) is 15.7. The first kappa shape index (κ1) is 22.4. The number of nitrogens with zero attached hydrogens (tertiary/aromatic N) is 1. The molecule has 162 valence electrons. The van der Waals surface area contributed by atoms with Crippen LogP contribution < -0.4 is 10.6 Å². The van der Waals surface area contributed by atoms with Gasteiger partial charge in [-0.05, 0) is 42.0 Å². The SMILES string of the molecule is O=C(CC1C(=O)NCCN1C(=S)NC(=O)c1ccc(F)cc1)OCCc1ccccc1. The second-order valence-electron chi connectivity index (χ2n) is 6.93. The van der Waals surface area contributed by atoms with E-state index in [0.29, 0.717) is 19.5 Å². The van der Waals surface area contributed by atoms with Gasteiger partial charge in [-0.25, -0.2) is 4.39 Å². The van der Waals surface area contributed by atoms with Crippen molar-refractivity contribution in [3.05, 3.63) is 71.5 Å². The predicted octanol–water partition coefficient (Wildman–Crippen LogP) is 1.82. The van der Waals surface area contributed by atoms with Crippen LogP contribution in [0, 0.1) is 5.82 Å². The number of thiocarbonyl (C=S) groups is 1. The van der Waals surface area contributed by atoms with Gasteiger partial charge in [0.05, 0.1) is 13.0 Å². The molecule has 1 unspecified atom stereocenters. The molecule has 0 bridgehead atoms. The average molecular weight is 444 g/mol. The Kier molecular flexibility index (Phi) is 7.66. The Balaban J connectivity index is 1.56. The largest absolute Gasteiger partial charge is 0.465 e. The van der Waals surface area contributed by atoms with Crippen molar-refractivity contribution in [2.45, 2.75) is 18.9 Å². The molecule has 1 atom stereocenters. The van der Waals surface area contributed by atoms with Gasteiger partial charge in [0.25, 0.3) is 5.91 Å². The van der Waals surface area contributed by atoms with Crippen LogP contribution in [0.3, 0.4) is 0 Å². The fraction of sp³-hybridized carbons (Fsp3) is 0.273. The molecular weight excluding hydrogens is 421 g/mol. The molecule has 1 heterocycles. The molecular formula is C22H22FN3O4S. The van der Waals surface area contributed by atoms with Gasteiger partial charge in [-0.1, -0.05) is 30.3 Å². The van der Waals surface area contributed by atoms with Gasteiger partial charge < -0.3 is 15.0 Å². The van der Waals surface area contributed by atoms with E-state index in [-0.39, 0.29) is 29.6 Å². The highest BCUT2D eigenvalue weighted by Gasteiger charge is 2.34. The van der Waals surface area contributed by atoms with Gasteiger partial charge in [-0.15, -0.1) is 0 Å². The Bertz CT molecular complexity index is 953. The Hall–Kier alpha value is -3.33. The highest BCUT2D eigenvalue weighted by molar-refractivity contribution is 7.80. The number of hydrogen-bond acceptors (Lipinski definition) is 5. The molecule has 1 fully saturated rings. The Morgan fingerprint density at radius 1 is 1.16 bits per heavy atom. The topological polar surface area (TPSA) is 87.7 Å². The molecule has 2 aromatic rings. The number of carbonyl (C=O) groups is 3. The minimum absolute atomic E-state index is 0.0197. The van der Waals surface area contributed by atoms with E-state index in [0.717, 1.165) is 5.56 Å². The highest BCUT2D eigenvalue weighted by Crippen LogP contribution is 2.12. The summed E-state index contributed by atoms with van der Waals surface area (Å²) in [4.78, 5) is 38.5. The Morgan fingerprint density at radius 2 is 1.87 bits per heavy atom. The zero-order valence-corrected chi connectivity index (χ0v) is 17.5. The second kappa shape index (κ2) is 10.6. The lowest BCUT2D eigenvalue weighted by Crippen LogP contribution is -2.60. The van der Waals surface area contributed by atoms with Crippen LogP contribution in [0.15, 0.2) is 54.6 Å². The number of rotatable bonds is 6. The summed E-state index contributed by atoms with van der Waals surface area (Å²) in [5.74, 6) is -1.89. The summed E-state index contributed by atoms with van der Waals surface area (Å²) in [7, 11) is 0. The second-order valence-corrected chi connectivity index (χ2v) is 7.31. The summed E-state index contributed by atoms with van der Waals surface area (Å²) in [5.41, 5.74) is 1.26. The van der Waals surface area contributed by atoms with Crippen LogP contribution >= 0.6 is 12.2 Å². The number of benzene rings is 2. The highest BCUT2D eigenvalue weighted by atomic mass is 32.1. The van der Waals surface area contributed by atoms with E-state index in [1.807, 2.05) is 30.3 Å². The number of ether oxygens (including phenoxy) is 1. The zero-order chi connectivity index (χ0) is 22.2. The van der Waals surface area contributed by atoms with E-state index < -0.39 is 23.7 Å². The molecule has 3 rings (SSSR count). The van der Waals surface area contributed by atoms with Crippen LogP contribution in [0.25, 0.3) is 0 Å². The minimum Gasteiger partial charge on any atom is -0.465 e. The summed E-state index contributed by atoms with van der Waals surface area (Å²) in [6.45, 7) is 0.851. The van der Waals surface area contributed by atoms with Crippen molar-refractivity contribution in [3.63, 3.8) is 0 Å². The summed E-state index contributed by atoms with van der Waals surface area (Å²) in [5, 5.41) is 5.25. The van der Waals surface area contributed by atoms with Crippen LogP contribution in [0.2, 0.25) is 0 Å². The maximum Gasteiger partial charge on any atom is 0.308 e. The molecule has 1 aliphatic heterocycles. The standard InChI is InChI=1S/C22H22FN3O4S/c23-17-8-6-16(7-9-17)20(28)25-22(31)26-12-11-24-21(29)18(26)14-19(27)30-13-10-15-4-2-1-3-5-15/h1-9,18H,10-14H2,(H,24,29)(H,25,28,31). The maximum atomic E-state index is 13.1. The van der Waals surface area contributed by atoms with Gasteiger partial charge in [0.15, 0.2) is 5.11 Å². The van der Waals surface area contributed by atoms with Crippen LogP contribution in [0.5, 0.6) is 0 Å². The molecule has 0 saturated carbocycles. The third-order valence-electron chi connectivity index (χ3n) is 4.78. The fourth-order valence-electron chi connectivity index (χ4n) is 3.15. The first-order valence-corrected chi connectivity index (χ1v) is 10.2. The van der Waals surface area contributed by atoms with Crippen LogP contribution in [0.4, 0.5) is 4.39 Å². The molecule has 2 amide bonds. The lowest BCUT2D eigenvalue weighted by molar-refractivity contribution is -0.147. The van der Waals surface area contributed by atoms with Crippen molar-refractivity contribution in [1.29, 1.82) is 0 Å². The molecule has 0 aliphatic carbocycles. The molecule has 31 heavy (non-hydrogen) atoms. The Labute approximate surface area is 184 Å². The number of hydrogen-bond donors (Lipinski definition) is 2. The molecule has 0 radical (unpaired) electrons. The van der Waals surface area contributed by atoms with E-state index in [1.54, 1.807) is 0 Å². The lowest BCUT2D eigenvalue weighted by Gasteiger charge is -2.36. The summed E-state index contributed by atoms with van der Waals surface area (Å²) < 4.78 is 18.3. The van der Waals surface area contributed by atoms with Gasteiger partial charge in [-0.3, -0.25) is 19.7 Å². The molecule has 7 nitrogen and oxygen atoms in total. The van der Waals surface area contributed by atoms with Crippen LogP contribution in [0.1, 0.15) is 22.3 Å². The number of piperazine rings is 1. The van der Waals surface area contributed by atoms with Gasteiger partial charge in [0, 0.05) is 25.1 Å². The lowest BCUT2D eigenvalue weighted by atomic mass is 10.1. The Morgan fingerprint density at radius 3 is 2.58 bits per heavy atom. The predicted molar refractivity (Wildman–Crippen MR) is 116 cm³/mol. The van der Waals surface area contributed by atoms with Crippen LogP contribution in [-0.2, 0) is 20.7 Å². The number of nitrogens with one attached hydrogen (secondary N) is 2. The summed E-state index contributed by atoms with van der Waals surface area (Å²) >= 11 is 5.30. The average Bonchev–Trinajstić information content (AvgIpc) is 2.76. The first-order valence-electron chi connectivity index (χ1n) is 9.79. The number of halogens is 1. The molecule has 1 aliphatic rings. The molecule has 0 spiro atoms. The smallest absolute Gasteiger partial charge is 0.308 e. The van der Waals surface area contributed by atoms with Gasteiger partial charge >= 0.3 is 5.97 Å². The first-order chi connectivity index (χ1) is 14.9. The maximum absolute atomic E-state index is 13.1. The van der Waals surface area contributed by atoms with Gasteiger partial charge in [0.1, 0.15) is 11.9 Å². The quantitative estimate of drug-likeness (QED) is 0.523. The number of esters is 1. The fourth-order valence-corrected chi connectivity index (χ4v) is 3.46. The third-order valence-corrected chi connectivity index (χ3v) is 5.11. The molecule has 2 N–H and O–H groups in total. The molecule has 0 aromatic heterocycles. The van der Waals surface area contributed by atoms with Crippen LogP contribution in [-0.4, -0.2) is 53.5 Å². The number of carbonyl (C=O) groups excluding carboxylic acids is 3. The van der Waals surface area contributed by atoms with E-state index in [2.05, 4.69) is 10.6 Å². The minimum atomic E-state index is -0.890. The van der Waals surface area contributed by atoms with E-state index in [1.165, 1.54) is 29.2 Å². The van der Waals surface area contributed by atoms with Gasteiger partial charge in [0.2, 0.25) is 5.91 Å². The third kappa shape index (κ3) is 6.32. The van der Waals surface area contributed by atoms with Crippen molar-refractivity contribution in [1.82, 2.24) is 15.5 Å². The van der Waals surface area contributed by atoms with Crippen molar-refractivity contribution in [3.8, 4) is 0 Å². The number of amides is 2. The van der Waals surface area contributed by atoms with Crippen molar-refractivity contribution in [2.75, 3.05) is 19.7 Å². The monoisotopic (exact) mass is 443 g/mol. The van der Waals surface area contributed by atoms with Crippen molar-refractivity contribution >= 4 is 35.1 Å².